The summed E-state index contributed by atoms with van der Waals surface area (Å²) in [5.74, 6) is -0.108. The number of allylic oxidation sites excluding steroid dienone is 1. The van der Waals surface area contributed by atoms with Crippen LogP contribution >= 0.6 is 0 Å². The number of hydrogen-bond donors (Lipinski definition) is 1. The largest absolute Gasteiger partial charge is 0.444 e. The van der Waals surface area contributed by atoms with Crippen LogP contribution in [0.15, 0.2) is 11.4 Å². The zero-order valence-corrected chi connectivity index (χ0v) is 14.8. The highest BCUT2D eigenvalue weighted by molar-refractivity contribution is 5.87. The number of rotatable bonds is 3. The molecule has 2 aliphatic rings. The molecule has 0 aromatic carbocycles. The zero-order valence-electron chi connectivity index (χ0n) is 14.8. The first-order chi connectivity index (χ1) is 10.5. The van der Waals surface area contributed by atoms with Gasteiger partial charge in [-0.1, -0.05) is 0 Å². The normalized spacial score (nSPS) is 27.1. The Labute approximate surface area is 137 Å². The van der Waals surface area contributed by atoms with Crippen molar-refractivity contribution in [1.82, 2.24) is 10.2 Å². The van der Waals surface area contributed by atoms with Gasteiger partial charge in [0, 0.05) is 6.54 Å². The quantitative estimate of drug-likeness (QED) is 0.867. The standard InChI is InChI=1S/C17H27FN2O3/c1-9(2)13(18)10(3)19-15(21)14-12-7-11(12)8-20(14)16(22)23-17(4,5)6/h10-12,14H,7-8H2,1-6H3,(H,19,21)/t10-,11-,12-,14+/m1/s1. The summed E-state index contributed by atoms with van der Waals surface area (Å²) in [6, 6.07) is -1.24. The number of carbonyl (C=O) groups is 2. The van der Waals surface area contributed by atoms with E-state index in [1.54, 1.807) is 41.5 Å². The Morgan fingerprint density at radius 3 is 2.43 bits per heavy atom. The van der Waals surface area contributed by atoms with Crippen molar-refractivity contribution in [3.63, 3.8) is 0 Å². The minimum atomic E-state index is -0.689. The third kappa shape index (κ3) is 4.03. The number of ether oxygens (including phenoxy) is 1. The number of likely N-dealkylation sites (tertiary alicyclic amines) is 1. The fourth-order valence-corrected chi connectivity index (χ4v) is 3.10. The lowest BCUT2D eigenvalue weighted by Gasteiger charge is -2.30. The van der Waals surface area contributed by atoms with Crippen molar-refractivity contribution in [1.29, 1.82) is 0 Å². The molecular formula is C17H27FN2O3. The average Bonchev–Trinajstić information content (AvgIpc) is 3.05. The van der Waals surface area contributed by atoms with Gasteiger partial charge in [-0.25, -0.2) is 9.18 Å². The number of carbonyl (C=O) groups excluding carboxylic acids is 2. The number of nitrogens with zero attached hydrogens (tertiary/aromatic N) is 1. The number of halogens is 1. The van der Waals surface area contributed by atoms with Gasteiger partial charge < -0.3 is 10.1 Å². The number of nitrogens with one attached hydrogen (secondary N) is 1. The molecule has 130 valence electrons. The molecule has 2 fully saturated rings. The lowest BCUT2D eigenvalue weighted by molar-refractivity contribution is -0.126. The van der Waals surface area contributed by atoms with Gasteiger partial charge in [0.1, 0.15) is 17.5 Å². The predicted octanol–water partition coefficient (Wildman–Crippen LogP) is 3.01. The Bertz CT molecular complexity index is 534. The number of amides is 2. The van der Waals surface area contributed by atoms with Crippen molar-refractivity contribution in [3.05, 3.63) is 11.4 Å². The Balaban J connectivity index is 2.06. The van der Waals surface area contributed by atoms with E-state index in [0.29, 0.717) is 18.0 Å². The third-order valence-electron chi connectivity index (χ3n) is 4.26. The lowest BCUT2D eigenvalue weighted by Crippen LogP contribution is -2.51. The Kier molecular flexibility index (Phi) is 4.74. The van der Waals surface area contributed by atoms with Gasteiger partial charge in [-0.3, -0.25) is 9.69 Å². The van der Waals surface area contributed by atoms with Gasteiger partial charge in [0.25, 0.3) is 0 Å². The summed E-state index contributed by atoms with van der Waals surface area (Å²) in [4.78, 5) is 26.4. The minimum absolute atomic E-state index is 0.171. The van der Waals surface area contributed by atoms with E-state index in [4.69, 9.17) is 4.74 Å². The van der Waals surface area contributed by atoms with Crippen LogP contribution in [-0.2, 0) is 9.53 Å². The highest BCUT2D eigenvalue weighted by atomic mass is 19.1. The van der Waals surface area contributed by atoms with E-state index in [2.05, 4.69) is 5.32 Å². The molecule has 23 heavy (non-hydrogen) atoms. The molecule has 1 aliphatic carbocycles. The summed E-state index contributed by atoms with van der Waals surface area (Å²) in [5.41, 5.74) is -0.0654. The second-order valence-corrected chi connectivity index (χ2v) is 7.82. The topological polar surface area (TPSA) is 58.6 Å². The maximum atomic E-state index is 13.9. The molecule has 0 aromatic heterocycles. The van der Waals surface area contributed by atoms with Crippen LogP contribution in [0.3, 0.4) is 0 Å². The van der Waals surface area contributed by atoms with Crippen molar-refractivity contribution in [2.75, 3.05) is 6.54 Å². The fraction of sp³-hybridized carbons (Fsp3) is 0.765. The van der Waals surface area contributed by atoms with Crippen LogP contribution in [0.25, 0.3) is 0 Å². The average molecular weight is 326 g/mol. The summed E-state index contributed by atoms with van der Waals surface area (Å²) in [5, 5.41) is 2.69. The fourth-order valence-electron chi connectivity index (χ4n) is 3.10. The molecule has 6 heteroatoms. The Hall–Kier alpha value is -1.59. The van der Waals surface area contributed by atoms with Gasteiger partial charge in [0.05, 0.1) is 6.04 Å². The predicted molar refractivity (Wildman–Crippen MR) is 85.4 cm³/mol. The maximum Gasteiger partial charge on any atom is 0.410 e. The zero-order chi connectivity index (χ0) is 17.5. The van der Waals surface area contributed by atoms with Crippen LogP contribution in [-0.4, -0.2) is 41.1 Å². The van der Waals surface area contributed by atoms with Crippen molar-refractivity contribution >= 4 is 12.0 Å². The summed E-state index contributed by atoms with van der Waals surface area (Å²) in [7, 11) is 0. The van der Waals surface area contributed by atoms with E-state index >= 15 is 0 Å². The molecule has 1 aliphatic heterocycles. The molecule has 1 saturated heterocycles. The highest BCUT2D eigenvalue weighted by Crippen LogP contribution is 2.50. The minimum Gasteiger partial charge on any atom is -0.444 e. The number of piperidine rings is 1. The highest BCUT2D eigenvalue weighted by Gasteiger charge is 2.57. The van der Waals surface area contributed by atoms with Crippen molar-refractivity contribution < 1.29 is 18.7 Å². The SMILES string of the molecule is CC(C)=C(F)[C@@H](C)NC(=O)[C@@H]1[C@@H]2C[C@@H]2CN1C(=O)OC(C)(C)C. The molecule has 5 nitrogen and oxygen atoms in total. The van der Waals surface area contributed by atoms with Crippen LogP contribution < -0.4 is 5.32 Å². The van der Waals surface area contributed by atoms with Crippen LogP contribution in [0.4, 0.5) is 9.18 Å². The van der Waals surface area contributed by atoms with E-state index in [9.17, 15) is 14.0 Å². The van der Waals surface area contributed by atoms with E-state index in [1.807, 2.05) is 0 Å². The van der Waals surface area contributed by atoms with Gasteiger partial charge in [0.15, 0.2) is 0 Å². The molecule has 4 atom stereocenters. The van der Waals surface area contributed by atoms with E-state index < -0.39 is 23.8 Å². The lowest BCUT2D eigenvalue weighted by atomic mass is 10.1. The van der Waals surface area contributed by atoms with Crippen molar-refractivity contribution in [2.45, 2.75) is 65.6 Å². The molecule has 1 N–H and O–H groups in total. The van der Waals surface area contributed by atoms with Crippen molar-refractivity contribution in [3.8, 4) is 0 Å². The van der Waals surface area contributed by atoms with Crippen molar-refractivity contribution in [2.24, 2.45) is 11.8 Å². The van der Waals surface area contributed by atoms with Crippen LogP contribution in [0, 0.1) is 11.8 Å². The molecule has 0 aromatic rings. The summed E-state index contributed by atoms with van der Waals surface area (Å²) >= 11 is 0. The molecule has 0 radical (unpaired) electrons. The number of hydrogen-bond acceptors (Lipinski definition) is 3. The van der Waals surface area contributed by atoms with Gasteiger partial charge in [-0.15, -0.1) is 0 Å². The molecule has 0 spiro atoms. The summed E-state index contributed by atoms with van der Waals surface area (Å²) < 4.78 is 19.3. The molecular weight excluding hydrogens is 299 g/mol. The monoisotopic (exact) mass is 326 g/mol. The van der Waals surface area contributed by atoms with Gasteiger partial charge >= 0.3 is 6.09 Å². The van der Waals surface area contributed by atoms with Crippen LogP contribution in [0.5, 0.6) is 0 Å². The molecule has 2 rings (SSSR count). The summed E-state index contributed by atoms with van der Waals surface area (Å²) in [6.07, 6.45) is 0.469. The van der Waals surface area contributed by atoms with E-state index in [0.717, 1.165) is 6.42 Å². The van der Waals surface area contributed by atoms with E-state index in [-0.39, 0.29) is 17.7 Å². The Morgan fingerprint density at radius 2 is 1.91 bits per heavy atom. The molecule has 1 heterocycles. The van der Waals surface area contributed by atoms with Crippen LogP contribution in [0.2, 0.25) is 0 Å². The summed E-state index contributed by atoms with van der Waals surface area (Å²) in [6.45, 7) is 10.9. The second-order valence-electron chi connectivity index (χ2n) is 7.82. The number of fused-ring (bicyclic) bond motifs is 1. The second kappa shape index (κ2) is 6.13. The molecule has 0 bridgehead atoms. The van der Waals surface area contributed by atoms with Gasteiger partial charge in [-0.05, 0) is 65.4 Å². The van der Waals surface area contributed by atoms with E-state index in [1.165, 1.54) is 4.90 Å². The molecule has 2 amide bonds. The first-order valence-corrected chi connectivity index (χ1v) is 8.14. The molecule has 0 unspecified atom stereocenters. The third-order valence-corrected chi connectivity index (χ3v) is 4.26. The Morgan fingerprint density at radius 1 is 1.30 bits per heavy atom. The van der Waals surface area contributed by atoms with Crippen LogP contribution in [0.1, 0.15) is 48.0 Å². The first kappa shape index (κ1) is 17.8. The maximum absolute atomic E-state index is 13.9. The van der Waals surface area contributed by atoms with Gasteiger partial charge in [-0.2, -0.15) is 0 Å². The van der Waals surface area contributed by atoms with Gasteiger partial charge in [0.2, 0.25) is 5.91 Å². The molecule has 1 saturated carbocycles. The first-order valence-electron chi connectivity index (χ1n) is 8.14. The smallest absolute Gasteiger partial charge is 0.410 e.